The van der Waals surface area contributed by atoms with Gasteiger partial charge in [-0.25, -0.2) is 0 Å². The van der Waals surface area contributed by atoms with Crippen molar-refractivity contribution in [1.29, 1.82) is 0 Å². The lowest BCUT2D eigenvalue weighted by atomic mass is 10.1. The normalized spacial score (nSPS) is 13.0. The monoisotopic (exact) mass is 921 g/mol. The Hall–Kier alpha value is -4.97. The largest absolute Gasteiger partial charge is 0.462 e. The van der Waals surface area contributed by atoms with Crippen LogP contribution in [0.25, 0.3) is 0 Å². The average molecular weight is 921 g/mol. The second-order valence-electron chi connectivity index (χ2n) is 16.3. The number of carbonyl (C=O) groups excluding carboxylic acids is 3. The van der Waals surface area contributed by atoms with Crippen molar-refractivity contribution in [2.24, 2.45) is 0 Å². The molecule has 0 rings (SSSR count). The van der Waals surface area contributed by atoms with Crippen molar-refractivity contribution >= 4 is 17.9 Å². The molecule has 0 aliphatic carbocycles. The minimum absolute atomic E-state index is 0.134. The molecule has 0 amide bonds. The van der Waals surface area contributed by atoms with E-state index in [2.05, 4.69) is 179 Å². The predicted molar refractivity (Wildman–Crippen MR) is 288 cm³/mol. The molecule has 0 radical (unpaired) electrons. The summed E-state index contributed by atoms with van der Waals surface area (Å²) >= 11 is 0. The van der Waals surface area contributed by atoms with Gasteiger partial charge in [0.1, 0.15) is 13.2 Å². The summed E-state index contributed by atoms with van der Waals surface area (Å²) in [5, 5.41) is 0. The Kier molecular flexibility index (Phi) is 49.7. The van der Waals surface area contributed by atoms with Crippen molar-refractivity contribution in [2.75, 3.05) is 13.2 Å². The Morgan fingerprint density at radius 1 is 0.299 bits per heavy atom. The Balaban J connectivity index is 4.62. The molecule has 0 aromatic rings. The van der Waals surface area contributed by atoms with E-state index >= 15 is 0 Å². The number of rotatable bonds is 44. The first-order chi connectivity index (χ1) is 33.0. The van der Waals surface area contributed by atoms with Gasteiger partial charge in [0.15, 0.2) is 6.10 Å². The van der Waals surface area contributed by atoms with Crippen LogP contribution < -0.4 is 0 Å². The number of allylic oxidation sites excluding steroid dienone is 26. The summed E-state index contributed by atoms with van der Waals surface area (Å²) in [5.74, 6) is -1.06. The van der Waals surface area contributed by atoms with Gasteiger partial charge in [0.05, 0.1) is 0 Å². The number of ether oxygens (including phenoxy) is 3. The molecule has 0 saturated heterocycles. The van der Waals surface area contributed by atoms with Crippen molar-refractivity contribution in [1.82, 2.24) is 0 Å². The molecule has 0 fully saturated rings. The molecule has 6 heteroatoms. The zero-order valence-corrected chi connectivity index (χ0v) is 42.3. The SMILES string of the molecule is CC/C=C\C/C=C\C/C=C\C/C=C\C/C=C\CCCCCC(=O)OC(COC(=O)CCCC/C=C\C/C=C\C/C=C\C/C=C\CC)COC(=O)CCCC/C=C\C/C=C\C/C=C\C/C=C\CC. The predicted octanol–water partition coefficient (Wildman–Crippen LogP) is 17.4. The highest BCUT2D eigenvalue weighted by molar-refractivity contribution is 5.71. The summed E-state index contributed by atoms with van der Waals surface area (Å²) in [7, 11) is 0. The summed E-state index contributed by atoms with van der Waals surface area (Å²) in [6.07, 6.45) is 78.0. The smallest absolute Gasteiger partial charge is 0.306 e. The standard InChI is InChI=1S/C61H92O6/c1-4-7-10-13-16-19-22-25-28-29-30-31-34-37-40-43-46-49-52-55-61(64)67-58(56-65-59(62)53-50-47-44-41-38-35-32-26-23-20-17-14-11-8-5-2)57-66-60(63)54-51-48-45-42-39-36-33-27-24-21-18-15-12-9-6-3/h7-12,16-21,25-28,30-33,37-42,58H,4-6,13-15,22-24,29,34-36,43-57H2,1-3H3/b10-7-,11-8-,12-9-,19-16-,20-17-,21-18-,28-25-,31-30-,32-26-,33-27-,40-37-,41-38-,42-39-. The van der Waals surface area contributed by atoms with Crippen LogP contribution in [0.1, 0.15) is 188 Å². The Morgan fingerprint density at radius 3 is 0.836 bits per heavy atom. The van der Waals surface area contributed by atoms with E-state index in [0.717, 1.165) is 128 Å². The van der Waals surface area contributed by atoms with Crippen molar-refractivity contribution in [3.63, 3.8) is 0 Å². The maximum Gasteiger partial charge on any atom is 0.306 e. The topological polar surface area (TPSA) is 78.9 Å². The van der Waals surface area contributed by atoms with Crippen LogP contribution in [0.3, 0.4) is 0 Å². The number of esters is 3. The lowest BCUT2D eigenvalue weighted by Crippen LogP contribution is -2.30. The third kappa shape index (κ3) is 51.9. The van der Waals surface area contributed by atoms with Gasteiger partial charge in [-0.2, -0.15) is 0 Å². The van der Waals surface area contributed by atoms with E-state index in [0.29, 0.717) is 19.3 Å². The fraction of sp³-hybridized carbons (Fsp3) is 0.525. The fourth-order valence-electron chi connectivity index (χ4n) is 6.21. The van der Waals surface area contributed by atoms with Gasteiger partial charge in [-0.05, 0) is 141 Å². The third-order valence-corrected chi connectivity index (χ3v) is 10.0. The highest BCUT2D eigenvalue weighted by atomic mass is 16.6. The molecule has 0 aromatic heterocycles. The molecule has 0 aliphatic heterocycles. The molecule has 67 heavy (non-hydrogen) atoms. The summed E-state index contributed by atoms with van der Waals surface area (Å²) in [6, 6.07) is 0. The van der Waals surface area contributed by atoms with Crippen molar-refractivity contribution in [2.45, 2.75) is 194 Å². The summed E-state index contributed by atoms with van der Waals surface area (Å²) in [4.78, 5) is 38.0. The highest BCUT2D eigenvalue weighted by Gasteiger charge is 2.19. The van der Waals surface area contributed by atoms with Crippen LogP contribution in [0.15, 0.2) is 158 Å². The van der Waals surface area contributed by atoms with Crippen molar-refractivity contribution < 1.29 is 28.6 Å². The lowest BCUT2D eigenvalue weighted by molar-refractivity contribution is -0.167. The second-order valence-corrected chi connectivity index (χ2v) is 16.3. The molecule has 372 valence electrons. The molecule has 0 aliphatic rings. The van der Waals surface area contributed by atoms with E-state index in [9.17, 15) is 14.4 Å². The Morgan fingerprint density at radius 2 is 0.537 bits per heavy atom. The van der Waals surface area contributed by atoms with Gasteiger partial charge in [-0.3, -0.25) is 14.4 Å². The van der Waals surface area contributed by atoms with Crippen molar-refractivity contribution in [3.8, 4) is 0 Å². The second kappa shape index (κ2) is 53.6. The van der Waals surface area contributed by atoms with Crippen molar-refractivity contribution in [3.05, 3.63) is 158 Å². The van der Waals surface area contributed by atoms with Crippen LogP contribution in [-0.2, 0) is 28.6 Å². The highest BCUT2D eigenvalue weighted by Crippen LogP contribution is 2.10. The zero-order chi connectivity index (χ0) is 48.6. The molecule has 6 nitrogen and oxygen atoms in total. The van der Waals surface area contributed by atoms with E-state index in [-0.39, 0.29) is 50.4 Å². The fourth-order valence-corrected chi connectivity index (χ4v) is 6.21. The third-order valence-electron chi connectivity index (χ3n) is 10.0. The molecule has 0 aromatic carbocycles. The van der Waals surface area contributed by atoms with E-state index in [1.807, 2.05) is 0 Å². The van der Waals surface area contributed by atoms with Crippen LogP contribution in [-0.4, -0.2) is 37.2 Å². The maximum atomic E-state index is 12.8. The first-order valence-electron chi connectivity index (χ1n) is 26.0. The van der Waals surface area contributed by atoms with Gasteiger partial charge in [0.2, 0.25) is 0 Å². The van der Waals surface area contributed by atoms with E-state index in [4.69, 9.17) is 14.2 Å². The zero-order valence-electron chi connectivity index (χ0n) is 42.3. The molecule has 0 bridgehead atoms. The Labute approximate surface area is 409 Å². The number of carbonyl (C=O) groups is 3. The maximum absolute atomic E-state index is 12.8. The van der Waals surface area contributed by atoms with E-state index in [1.165, 1.54) is 0 Å². The van der Waals surface area contributed by atoms with Crippen LogP contribution in [0.5, 0.6) is 0 Å². The Bertz CT molecular complexity index is 1500. The molecule has 0 atom stereocenters. The molecule has 0 spiro atoms. The van der Waals surface area contributed by atoms with Gasteiger partial charge in [0.25, 0.3) is 0 Å². The minimum atomic E-state index is -0.838. The molecular formula is C61H92O6. The van der Waals surface area contributed by atoms with Gasteiger partial charge < -0.3 is 14.2 Å². The summed E-state index contributed by atoms with van der Waals surface area (Å²) in [6.45, 7) is 6.16. The number of hydrogen-bond acceptors (Lipinski definition) is 6. The van der Waals surface area contributed by atoms with Crippen LogP contribution in [0.4, 0.5) is 0 Å². The van der Waals surface area contributed by atoms with E-state index in [1.54, 1.807) is 0 Å². The first-order valence-corrected chi connectivity index (χ1v) is 26.0. The van der Waals surface area contributed by atoms with Gasteiger partial charge in [0, 0.05) is 19.3 Å². The van der Waals surface area contributed by atoms with Crippen LogP contribution >= 0.6 is 0 Å². The van der Waals surface area contributed by atoms with Crippen LogP contribution in [0, 0.1) is 0 Å². The molecule has 0 N–H and O–H groups in total. The molecule has 0 unspecified atom stereocenters. The lowest BCUT2D eigenvalue weighted by Gasteiger charge is -2.18. The number of unbranched alkanes of at least 4 members (excludes halogenated alkanes) is 7. The summed E-state index contributed by atoms with van der Waals surface area (Å²) in [5.41, 5.74) is 0. The minimum Gasteiger partial charge on any atom is -0.462 e. The van der Waals surface area contributed by atoms with Gasteiger partial charge in [-0.1, -0.05) is 185 Å². The van der Waals surface area contributed by atoms with E-state index < -0.39 is 6.10 Å². The molecular weight excluding hydrogens is 829 g/mol. The molecule has 0 heterocycles. The quantitative estimate of drug-likeness (QED) is 0.0262. The summed E-state index contributed by atoms with van der Waals surface area (Å²) < 4.78 is 16.7. The van der Waals surface area contributed by atoms with Gasteiger partial charge in [-0.15, -0.1) is 0 Å². The average Bonchev–Trinajstić information content (AvgIpc) is 3.33. The van der Waals surface area contributed by atoms with Gasteiger partial charge >= 0.3 is 17.9 Å². The van der Waals surface area contributed by atoms with Crippen LogP contribution in [0.2, 0.25) is 0 Å². The number of hydrogen-bond donors (Lipinski definition) is 0. The first kappa shape index (κ1) is 62.0. The molecule has 0 saturated carbocycles.